The number of benzene rings is 1. The zero-order valence-corrected chi connectivity index (χ0v) is 11.8. The number of halogens is 1. The van der Waals surface area contributed by atoms with E-state index in [1.807, 2.05) is 0 Å². The van der Waals surface area contributed by atoms with Gasteiger partial charge in [0, 0.05) is 6.54 Å². The molecule has 1 aromatic carbocycles. The number of carbonyl (C=O) groups excluding carboxylic acids is 2. The quantitative estimate of drug-likeness (QED) is 0.591. The molecule has 0 fully saturated rings. The lowest BCUT2D eigenvalue weighted by atomic mass is 10.1. The maximum Gasteiger partial charge on any atom is 0.253 e. The Morgan fingerprint density at radius 1 is 1.30 bits per heavy atom. The molecule has 1 rings (SSSR count). The summed E-state index contributed by atoms with van der Waals surface area (Å²) in [6.07, 6.45) is 0. The highest BCUT2D eigenvalue weighted by molar-refractivity contribution is 6.33. The molecule has 1 aromatic rings. The highest BCUT2D eigenvalue weighted by atomic mass is 35.5. The van der Waals surface area contributed by atoms with E-state index in [4.69, 9.17) is 16.7 Å². The van der Waals surface area contributed by atoms with Crippen LogP contribution in [0.15, 0.2) is 24.3 Å². The minimum atomic E-state index is -1.39. The number of aliphatic hydroxyl groups excluding tert-OH is 1. The first kappa shape index (κ1) is 16.4. The minimum Gasteiger partial charge on any atom is -0.393 e. The van der Waals surface area contributed by atoms with Crippen molar-refractivity contribution in [1.29, 1.82) is 0 Å². The number of nitrogens with one attached hydrogen (secondary N) is 2. The van der Waals surface area contributed by atoms with Crippen LogP contribution < -0.4 is 10.6 Å². The smallest absolute Gasteiger partial charge is 0.253 e. The maximum atomic E-state index is 11.8. The van der Waals surface area contributed by atoms with Gasteiger partial charge < -0.3 is 20.8 Å². The molecule has 2 amide bonds. The Kier molecular flexibility index (Phi) is 5.94. The van der Waals surface area contributed by atoms with E-state index < -0.39 is 24.0 Å². The highest BCUT2D eigenvalue weighted by Crippen LogP contribution is 2.14. The second kappa shape index (κ2) is 7.23. The van der Waals surface area contributed by atoms with Crippen LogP contribution in [0.2, 0.25) is 5.02 Å². The summed E-state index contributed by atoms with van der Waals surface area (Å²) in [4.78, 5) is 23.2. The Labute approximate surface area is 121 Å². The fourth-order valence-electron chi connectivity index (χ4n) is 1.31. The first-order chi connectivity index (χ1) is 9.35. The summed E-state index contributed by atoms with van der Waals surface area (Å²) in [7, 11) is 0. The van der Waals surface area contributed by atoms with Gasteiger partial charge in [-0.25, -0.2) is 0 Å². The Hall–Kier alpha value is -1.63. The van der Waals surface area contributed by atoms with Gasteiger partial charge in [0.25, 0.3) is 5.91 Å². The third kappa shape index (κ3) is 5.16. The summed E-state index contributed by atoms with van der Waals surface area (Å²) < 4.78 is 0. The molecule has 4 N–H and O–H groups in total. The average Bonchev–Trinajstić information content (AvgIpc) is 2.43. The van der Waals surface area contributed by atoms with Crippen molar-refractivity contribution < 1.29 is 19.8 Å². The molecule has 0 aromatic heterocycles. The predicted octanol–water partition coefficient (Wildman–Crippen LogP) is -0.0707. The third-order valence-corrected chi connectivity index (χ3v) is 2.86. The van der Waals surface area contributed by atoms with Gasteiger partial charge in [0.1, 0.15) is 5.60 Å². The van der Waals surface area contributed by atoms with Crippen molar-refractivity contribution in [3.63, 3.8) is 0 Å². The van der Waals surface area contributed by atoms with Crippen LogP contribution in [0.5, 0.6) is 0 Å². The largest absolute Gasteiger partial charge is 0.393 e. The van der Waals surface area contributed by atoms with Crippen LogP contribution in [0.4, 0.5) is 0 Å². The standard InChI is InChI=1S/C13H17ClN2O4/c1-13(20,8-17)7-16-11(18)6-15-12(19)9-4-2-3-5-10(9)14/h2-5,17,20H,6-8H2,1H3,(H,15,19)(H,16,18). The fraction of sp³-hybridized carbons (Fsp3) is 0.385. The molecule has 0 aliphatic rings. The number of hydrogen-bond donors (Lipinski definition) is 4. The molecule has 0 saturated carbocycles. The van der Waals surface area contributed by atoms with Gasteiger partial charge in [-0.05, 0) is 19.1 Å². The normalized spacial score (nSPS) is 13.4. The molecule has 6 nitrogen and oxygen atoms in total. The highest BCUT2D eigenvalue weighted by Gasteiger charge is 2.20. The molecule has 110 valence electrons. The topological polar surface area (TPSA) is 98.7 Å². The zero-order valence-electron chi connectivity index (χ0n) is 11.0. The molecule has 0 heterocycles. The lowest BCUT2D eigenvalue weighted by Gasteiger charge is -2.20. The molecule has 1 unspecified atom stereocenters. The van der Waals surface area contributed by atoms with Gasteiger partial charge in [-0.15, -0.1) is 0 Å². The first-order valence-corrected chi connectivity index (χ1v) is 6.36. The summed E-state index contributed by atoms with van der Waals surface area (Å²) in [6.45, 7) is 0.560. The van der Waals surface area contributed by atoms with Crippen molar-refractivity contribution >= 4 is 23.4 Å². The van der Waals surface area contributed by atoms with E-state index in [1.165, 1.54) is 6.92 Å². The lowest BCUT2D eigenvalue weighted by molar-refractivity contribution is -0.121. The van der Waals surface area contributed by atoms with Crippen LogP contribution in [0.1, 0.15) is 17.3 Å². The zero-order chi connectivity index (χ0) is 15.2. The molecule has 0 saturated heterocycles. The van der Waals surface area contributed by atoms with Crippen LogP contribution in [-0.4, -0.2) is 47.3 Å². The Morgan fingerprint density at radius 2 is 1.95 bits per heavy atom. The molecule has 0 aliphatic carbocycles. The second-order valence-corrected chi connectivity index (χ2v) is 5.00. The monoisotopic (exact) mass is 300 g/mol. The van der Waals surface area contributed by atoms with E-state index in [-0.39, 0.29) is 18.7 Å². The molecular formula is C13H17ClN2O4. The summed E-state index contributed by atoms with van der Waals surface area (Å²) in [5.74, 6) is -0.932. The fourth-order valence-corrected chi connectivity index (χ4v) is 1.53. The molecular weight excluding hydrogens is 284 g/mol. The Balaban J connectivity index is 2.42. The number of aliphatic hydroxyl groups is 2. The molecule has 20 heavy (non-hydrogen) atoms. The van der Waals surface area contributed by atoms with Gasteiger partial charge in [-0.3, -0.25) is 9.59 Å². The Morgan fingerprint density at radius 3 is 2.55 bits per heavy atom. The SMILES string of the molecule is CC(O)(CO)CNC(=O)CNC(=O)c1ccccc1Cl. The number of carbonyl (C=O) groups is 2. The van der Waals surface area contributed by atoms with E-state index in [1.54, 1.807) is 24.3 Å². The molecule has 0 aliphatic heterocycles. The van der Waals surface area contributed by atoms with E-state index >= 15 is 0 Å². The number of rotatable bonds is 6. The van der Waals surface area contributed by atoms with E-state index in [9.17, 15) is 14.7 Å². The summed E-state index contributed by atoms with van der Waals surface area (Å²) in [5.41, 5.74) is -1.10. The van der Waals surface area contributed by atoms with Gasteiger partial charge in [-0.1, -0.05) is 23.7 Å². The van der Waals surface area contributed by atoms with Gasteiger partial charge >= 0.3 is 0 Å². The number of amides is 2. The minimum absolute atomic E-state index is 0.107. The van der Waals surface area contributed by atoms with Crippen LogP contribution in [-0.2, 0) is 4.79 Å². The van der Waals surface area contributed by atoms with Crippen molar-refractivity contribution in [2.45, 2.75) is 12.5 Å². The van der Waals surface area contributed by atoms with Crippen LogP contribution in [0.3, 0.4) is 0 Å². The van der Waals surface area contributed by atoms with Crippen molar-refractivity contribution in [3.05, 3.63) is 34.9 Å². The van der Waals surface area contributed by atoms with Gasteiger partial charge in [0.2, 0.25) is 5.91 Å². The van der Waals surface area contributed by atoms with Crippen molar-refractivity contribution in [1.82, 2.24) is 10.6 Å². The van der Waals surface area contributed by atoms with Crippen molar-refractivity contribution in [2.75, 3.05) is 19.7 Å². The summed E-state index contributed by atoms with van der Waals surface area (Å²) in [6, 6.07) is 6.49. The van der Waals surface area contributed by atoms with Crippen LogP contribution in [0, 0.1) is 0 Å². The van der Waals surface area contributed by atoms with Crippen molar-refractivity contribution in [3.8, 4) is 0 Å². The predicted molar refractivity (Wildman–Crippen MR) is 74.5 cm³/mol. The number of hydrogen-bond acceptors (Lipinski definition) is 4. The second-order valence-electron chi connectivity index (χ2n) is 4.59. The van der Waals surface area contributed by atoms with Crippen LogP contribution >= 0.6 is 11.6 Å². The summed E-state index contributed by atoms with van der Waals surface area (Å²) in [5, 5.41) is 23.4. The van der Waals surface area contributed by atoms with Crippen LogP contribution in [0.25, 0.3) is 0 Å². The average molecular weight is 301 g/mol. The molecule has 0 radical (unpaired) electrons. The molecule has 0 bridgehead atoms. The van der Waals surface area contributed by atoms with E-state index in [0.29, 0.717) is 5.02 Å². The van der Waals surface area contributed by atoms with Gasteiger partial charge in [-0.2, -0.15) is 0 Å². The molecule has 0 spiro atoms. The van der Waals surface area contributed by atoms with Gasteiger partial charge in [0.05, 0.1) is 23.7 Å². The maximum absolute atomic E-state index is 11.8. The van der Waals surface area contributed by atoms with Gasteiger partial charge in [0.15, 0.2) is 0 Å². The van der Waals surface area contributed by atoms with E-state index in [0.717, 1.165) is 0 Å². The summed E-state index contributed by atoms with van der Waals surface area (Å²) >= 11 is 5.85. The molecule has 7 heteroatoms. The third-order valence-electron chi connectivity index (χ3n) is 2.54. The Bertz CT molecular complexity index is 491. The lowest BCUT2D eigenvalue weighted by Crippen LogP contribution is -2.46. The first-order valence-electron chi connectivity index (χ1n) is 5.98. The molecule has 1 atom stereocenters. The van der Waals surface area contributed by atoms with Crippen molar-refractivity contribution in [2.24, 2.45) is 0 Å². The van der Waals surface area contributed by atoms with E-state index in [2.05, 4.69) is 10.6 Å².